The van der Waals surface area contributed by atoms with Crippen molar-refractivity contribution in [1.29, 1.82) is 0 Å². The second-order valence-electron chi connectivity index (χ2n) is 4.65. The Morgan fingerprint density at radius 2 is 1.95 bits per heavy atom. The monoisotopic (exact) mass is 302 g/mol. The Morgan fingerprint density at radius 1 is 1.27 bits per heavy atom. The number of aromatic hydroxyl groups is 1. The van der Waals surface area contributed by atoms with Crippen LogP contribution in [0, 0.1) is 0 Å². The molecule has 0 atom stereocenters. The van der Waals surface area contributed by atoms with Gasteiger partial charge in [0.05, 0.1) is 20.5 Å². The van der Waals surface area contributed by atoms with Gasteiger partial charge in [0.25, 0.3) is 0 Å². The number of furan rings is 1. The molecule has 1 N–H and O–H groups in total. The summed E-state index contributed by atoms with van der Waals surface area (Å²) in [6.45, 7) is 0. The second kappa shape index (κ2) is 7.36. The Balaban J connectivity index is 2.04. The van der Waals surface area contributed by atoms with E-state index in [0.717, 1.165) is 5.76 Å². The van der Waals surface area contributed by atoms with Crippen molar-refractivity contribution in [2.75, 3.05) is 14.2 Å². The molecule has 0 bridgehead atoms. The van der Waals surface area contributed by atoms with E-state index in [-0.39, 0.29) is 11.5 Å². The second-order valence-corrected chi connectivity index (χ2v) is 4.65. The first kappa shape index (κ1) is 15.7. The number of hydrogen-bond acceptors (Lipinski definition) is 5. The van der Waals surface area contributed by atoms with Gasteiger partial charge in [-0.15, -0.1) is 0 Å². The summed E-state index contributed by atoms with van der Waals surface area (Å²) < 4.78 is 15.3. The van der Waals surface area contributed by atoms with Crippen molar-refractivity contribution in [3.05, 3.63) is 47.9 Å². The van der Waals surface area contributed by atoms with Crippen molar-refractivity contribution in [2.45, 2.75) is 12.8 Å². The lowest BCUT2D eigenvalue weighted by Gasteiger charge is -2.09. The van der Waals surface area contributed by atoms with Gasteiger partial charge in [0.15, 0.2) is 17.3 Å². The van der Waals surface area contributed by atoms with Crippen molar-refractivity contribution in [2.24, 2.45) is 0 Å². The average Bonchev–Trinajstić information content (AvgIpc) is 3.05. The van der Waals surface area contributed by atoms with Crippen LogP contribution in [0.25, 0.3) is 6.08 Å². The van der Waals surface area contributed by atoms with E-state index in [1.807, 2.05) is 6.07 Å². The number of rotatable bonds is 7. The molecule has 0 aliphatic carbocycles. The quantitative estimate of drug-likeness (QED) is 0.795. The minimum Gasteiger partial charge on any atom is -0.502 e. The van der Waals surface area contributed by atoms with Crippen molar-refractivity contribution in [1.82, 2.24) is 0 Å². The predicted molar refractivity (Wildman–Crippen MR) is 82.3 cm³/mol. The standard InChI is InChI=1S/C17H18O5/c1-20-15-10-12(11-16(21-2)17(15)19)5-6-13(18)7-8-14-4-3-9-22-14/h3-6,9-11,19H,7-8H2,1-2H3/b6-5+. The first-order chi connectivity index (χ1) is 10.6. The summed E-state index contributed by atoms with van der Waals surface area (Å²) >= 11 is 0. The molecule has 116 valence electrons. The summed E-state index contributed by atoms with van der Waals surface area (Å²) in [6, 6.07) is 6.90. The number of carbonyl (C=O) groups excluding carboxylic acids is 1. The maximum absolute atomic E-state index is 11.8. The third kappa shape index (κ3) is 3.91. The van der Waals surface area contributed by atoms with E-state index in [2.05, 4.69) is 0 Å². The Hall–Kier alpha value is -2.69. The molecule has 1 aromatic carbocycles. The largest absolute Gasteiger partial charge is 0.502 e. The average molecular weight is 302 g/mol. The molecule has 2 rings (SSSR count). The summed E-state index contributed by atoms with van der Waals surface area (Å²) in [6.07, 6.45) is 5.68. The lowest BCUT2D eigenvalue weighted by atomic mass is 10.1. The first-order valence-corrected chi connectivity index (χ1v) is 6.82. The number of ketones is 1. The van der Waals surface area contributed by atoms with Crippen LogP contribution in [0.5, 0.6) is 17.2 Å². The number of hydrogen-bond donors (Lipinski definition) is 1. The topological polar surface area (TPSA) is 68.9 Å². The highest BCUT2D eigenvalue weighted by Crippen LogP contribution is 2.37. The fraction of sp³-hybridized carbons (Fsp3) is 0.235. The zero-order valence-corrected chi connectivity index (χ0v) is 12.5. The molecule has 5 heteroatoms. The maximum atomic E-state index is 11.8. The van der Waals surface area contributed by atoms with Gasteiger partial charge < -0.3 is 19.0 Å². The van der Waals surface area contributed by atoms with Gasteiger partial charge in [0, 0.05) is 12.8 Å². The summed E-state index contributed by atoms with van der Waals surface area (Å²) in [4.78, 5) is 11.8. The van der Waals surface area contributed by atoms with Gasteiger partial charge >= 0.3 is 0 Å². The van der Waals surface area contributed by atoms with E-state index >= 15 is 0 Å². The van der Waals surface area contributed by atoms with Gasteiger partial charge in [-0.2, -0.15) is 0 Å². The first-order valence-electron chi connectivity index (χ1n) is 6.82. The van der Waals surface area contributed by atoms with Crippen LogP contribution in [0.2, 0.25) is 0 Å². The highest BCUT2D eigenvalue weighted by molar-refractivity contribution is 5.93. The SMILES string of the molecule is COc1cc(/C=C/C(=O)CCc2ccco2)cc(OC)c1O. The number of benzene rings is 1. The van der Waals surface area contributed by atoms with Crippen molar-refractivity contribution in [3.8, 4) is 17.2 Å². The minimum absolute atomic E-state index is 0.0117. The van der Waals surface area contributed by atoms with Gasteiger partial charge in [-0.05, 0) is 35.9 Å². The molecule has 2 aromatic rings. The van der Waals surface area contributed by atoms with Gasteiger partial charge in [-0.25, -0.2) is 0 Å². The summed E-state index contributed by atoms with van der Waals surface area (Å²) in [5.74, 6) is 1.30. The number of carbonyl (C=O) groups is 1. The number of phenolic OH excluding ortho intramolecular Hbond substituents is 1. The van der Waals surface area contributed by atoms with Crippen LogP contribution in [0.1, 0.15) is 17.7 Å². The highest BCUT2D eigenvalue weighted by atomic mass is 16.5. The van der Waals surface area contributed by atoms with Crippen molar-refractivity contribution >= 4 is 11.9 Å². The molecule has 0 aliphatic heterocycles. The molecule has 0 unspecified atom stereocenters. The van der Waals surface area contributed by atoms with Crippen LogP contribution in [-0.4, -0.2) is 25.1 Å². The van der Waals surface area contributed by atoms with E-state index < -0.39 is 0 Å². The molecule has 0 saturated carbocycles. The Kier molecular flexibility index (Phi) is 5.25. The minimum atomic E-state index is -0.0636. The molecule has 0 saturated heterocycles. The molecule has 0 spiro atoms. The van der Waals surface area contributed by atoms with Crippen molar-refractivity contribution < 1.29 is 23.8 Å². The summed E-state index contributed by atoms with van der Waals surface area (Å²) in [5.41, 5.74) is 0.706. The van der Waals surface area contributed by atoms with Crippen molar-refractivity contribution in [3.63, 3.8) is 0 Å². The van der Waals surface area contributed by atoms with Crippen LogP contribution < -0.4 is 9.47 Å². The fourth-order valence-electron chi connectivity index (χ4n) is 1.98. The van der Waals surface area contributed by atoms with Gasteiger partial charge in [0.1, 0.15) is 5.76 Å². The maximum Gasteiger partial charge on any atom is 0.200 e. The van der Waals surface area contributed by atoms with E-state index in [1.54, 1.807) is 30.5 Å². The van der Waals surface area contributed by atoms with Crippen LogP contribution in [0.3, 0.4) is 0 Å². The van der Waals surface area contributed by atoms with E-state index in [0.29, 0.717) is 29.9 Å². The van der Waals surface area contributed by atoms with E-state index in [4.69, 9.17) is 13.9 Å². The molecule has 5 nitrogen and oxygen atoms in total. The van der Waals surface area contributed by atoms with Gasteiger partial charge in [0.2, 0.25) is 5.75 Å². The number of allylic oxidation sites excluding steroid dienone is 1. The molecule has 0 radical (unpaired) electrons. The molecule has 22 heavy (non-hydrogen) atoms. The molecule has 0 amide bonds. The smallest absolute Gasteiger partial charge is 0.200 e. The third-order valence-electron chi connectivity index (χ3n) is 3.16. The molecule has 0 aliphatic rings. The van der Waals surface area contributed by atoms with E-state index in [9.17, 15) is 9.90 Å². The normalized spacial score (nSPS) is 10.8. The molecule has 1 aromatic heterocycles. The van der Waals surface area contributed by atoms with Crippen LogP contribution >= 0.6 is 0 Å². The lowest BCUT2D eigenvalue weighted by Crippen LogP contribution is -1.95. The zero-order chi connectivity index (χ0) is 15.9. The highest BCUT2D eigenvalue weighted by Gasteiger charge is 2.10. The molecule has 0 fully saturated rings. The Labute approximate surface area is 128 Å². The number of ether oxygens (including phenoxy) is 2. The van der Waals surface area contributed by atoms with Crippen LogP contribution in [-0.2, 0) is 11.2 Å². The lowest BCUT2D eigenvalue weighted by molar-refractivity contribution is -0.114. The predicted octanol–water partition coefficient (Wildman–Crippen LogP) is 3.22. The fourth-order valence-corrected chi connectivity index (χ4v) is 1.98. The summed E-state index contributed by atoms with van der Waals surface area (Å²) in [7, 11) is 2.91. The zero-order valence-electron chi connectivity index (χ0n) is 12.5. The van der Waals surface area contributed by atoms with Crippen LogP contribution in [0.4, 0.5) is 0 Å². The number of phenols is 1. The number of methoxy groups -OCH3 is 2. The molecule has 1 heterocycles. The van der Waals surface area contributed by atoms with Gasteiger partial charge in [-0.1, -0.05) is 6.08 Å². The number of aryl methyl sites for hydroxylation is 1. The Morgan fingerprint density at radius 3 is 2.50 bits per heavy atom. The van der Waals surface area contributed by atoms with Crippen LogP contribution in [0.15, 0.2) is 41.0 Å². The molecular formula is C17H18O5. The summed E-state index contributed by atoms with van der Waals surface area (Å²) in [5, 5.41) is 9.83. The van der Waals surface area contributed by atoms with E-state index in [1.165, 1.54) is 20.3 Å². The molecular weight excluding hydrogens is 284 g/mol. The third-order valence-corrected chi connectivity index (χ3v) is 3.16. The Bertz CT molecular complexity index is 631. The van der Waals surface area contributed by atoms with Gasteiger partial charge in [-0.3, -0.25) is 4.79 Å².